The summed E-state index contributed by atoms with van der Waals surface area (Å²) < 4.78 is 14.1. The zero-order valence-electron chi connectivity index (χ0n) is 25.8. The van der Waals surface area contributed by atoms with Gasteiger partial charge in [0, 0.05) is 23.7 Å². The number of methoxy groups -OCH3 is 1. The van der Waals surface area contributed by atoms with Crippen molar-refractivity contribution in [3.05, 3.63) is 70.2 Å². The predicted octanol–water partition coefficient (Wildman–Crippen LogP) is 9.03. The number of hydrogen-bond acceptors (Lipinski definition) is 4. The molecule has 0 N–H and O–H groups in total. The summed E-state index contributed by atoms with van der Waals surface area (Å²) in [4.78, 5) is 15.9. The molecule has 0 saturated heterocycles. The fourth-order valence-corrected chi connectivity index (χ4v) is 5.88. The van der Waals surface area contributed by atoms with Crippen LogP contribution in [0.4, 0.5) is 5.69 Å². The van der Waals surface area contributed by atoms with Gasteiger partial charge in [-0.1, -0.05) is 113 Å². The van der Waals surface area contributed by atoms with Gasteiger partial charge >= 0.3 is 0 Å². The molecule has 0 unspecified atom stereocenters. The van der Waals surface area contributed by atoms with Crippen molar-refractivity contribution in [1.29, 1.82) is 0 Å². The Morgan fingerprint density at radius 1 is 0.902 bits per heavy atom. The summed E-state index contributed by atoms with van der Waals surface area (Å²) >= 11 is 1.74. The summed E-state index contributed by atoms with van der Waals surface area (Å²) in [6, 6.07) is 14.2. The Hall–Kier alpha value is -2.86. The Bertz CT molecular complexity index is 1180. The van der Waals surface area contributed by atoms with E-state index in [9.17, 15) is 4.79 Å². The van der Waals surface area contributed by atoms with Gasteiger partial charge in [0.05, 0.1) is 25.1 Å². The highest BCUT2D eigenvalue weighted by Crippen LogP contribution is 2.33. The molecule has 1 aromatic heterocycles. The van der Waals surface area contributed by atoms with Gasteiger partial charge in [-0.2, -0.15) is 4.57 Å². The number of anilines is 1. The third kappa shape index (κ3) is 11.5. The first-order chi connectivity index (χ1) is 20.0. The summed E-state index contributed by atoms with van der Waals surface area (Å²) in [6.07, 6.45) is 17.9. The molecule has 224 valence electrons. The van der Waals surface area contributed by atoms with Crippen molar-refractivity contribution < 1.29 is 18.8 Å². The predicted molar refractivity (Wildman–Crippen MR) is 171 cm³/mol. The van der Waals surface area contributed by atoms with Crippen LogP contribution in [0.2, 0.25) is 0 Å². The normalized spacial score (nSPS) is 11.0. The molecule has 0 fully saturated rings. The van der Waals surface area contributed by atoms with Crippen molar-refractivity contribution in [3.63, 3.8) is 0 Å². The van der Waals surface area contributed by atoms with E-state index in [0.717, 1.165) is 35.5 Å². The number of nitrogens with zero attached hydrogens (tertiary/aromatic N) is 2. The number of aryl methyl sites for hydroxylation is 1. The third-order valence-electron chi connectivity index (χ3n) is 7.54. The summed E-state index contributed by atoms with van der Waals surface area (Å²) in [5.74, 6) is 1.45. The molecule has 0 aliphatic rings. The minimum Gasteiger partial charge on any atom is -0.493 e. The summed E-state index contributed by atoms with van der Waals surface area (Å²) in [5, 5.41) is 0. The van der Waals surface area contributed by atoms with Gasteiger partial charge in [0.25, 0.3) is 0 Å². The highest BCUT2D eigenvalue weighted by molar-refractivity contribution is 7.09. The van der Waals surface area contributed by atoms with E-state index in [2.05, 4.69) is 42.3 Å². The van der Waals surface area contributed by atoms with Gasteiger partial charge in [-0.15, -0.1) is 0 Å². The lowest BCUT2D eigenvalue weighted by Gasteiger charge is -2.24. The molecular weight excluding hydrogens is 528 g/mol. The first-order valence-corrected chi connectivity index (χ1v) is 16.5. The maximum Gasteiger partial charge on any atom is 0.225 e. The number of benzene rings is 2. The highest BCUT2D eigenvalue weighted by atomic mass is 32.1. The minimum atomic E-state index is -0.00379. The highest BCUT2D eigenvalue weighted by Gasteiger charge is 2.18. The molecule has 0 radical (unpaired) electrons. The molecule has 0 atom stereocenters. The largest absolute Gasteiger partial charge is 0.493 e. The second-order valence-electron chi connectivity index (χ2n) is 11.1. The van der Waals surface area contributed by atoms with Crippen molar-refractivity contribution in [2.75, 3.05) is 18.6 Å². The van der Waals surface area contributed by atoms with E-state index in [4.69, 9.17) is 9.47 Å². The first kappa shape index (κ1) is 32.7. The van der Waals surface area contributed by atoms with Crippen LogP contribution in [0.1, 0.15) is 107 Å². The second-order valence-corrected chi connectivity index (χ2v) is 12.2. The van der Waals surface area contributed by atoms with Gasteiger partial charge in [0.15, 0.2) is 24.2 Å². The van der Waals surface area contributed by atoms with E-state index in [1.807, 2.05) is 35.2 Å². The molecule has 0 aliphatic carbocycles. The quantitative estimate of drug-likeness (QED) is 0.0991. The molecule has 6 heteroatoms. The van der Waals surface area contributed by atoms with Crippen molar-refractivity contribution in [2.45, 2.75) is 111 Å². The number of carbonyl (C=O) groups is 1. The molecule has 41 heavy (non-hydrogen) atoms. The average Bonchev–Trinajstić information content (AvgIpc) is 3.38. The van der Waals surface area contributed by atoms with Crippen LogP contribution in [0.3, 0.4) is 0 Å². The molecule has 0 spiro atoms. The summed E-state index contributed by atoms with van der Waals surface area (Å²) in [5.41, 5.74) is 5.12. The lowest BCUT2D eigenvalue weighted by Crippen LogP contribution is -2.31. The molecule has 5 nitrogen and oxygen atoms in total. The molecule has 0 bridgehead atoms. The zero-order chi connectivity index (χ0) is 29.3. The Morgan fingerprint density at radius 2 is 1.56 bits per heavy atom. The average molecular weight is 580 g/mol. The van der Waals surface area contributed by atoms with Crippen molar-refractivity contribution in [1.82, 2.24) is 0 Å². The topological polar surface area (TPSA) is 42.7 Å². The van der Waals surface area contributed by atoms with Crippen molar-refractivity contribution in [3.8, 4) is 11.5 Å². The number of ether oxygens (including phenoxy) is 2. The van der Waals surface area contributed by atoms with Gasteiger partial charge < -0.3 is 14.4 Å². The minimum absolute atomic E-state index is 0.00379. The van der Waals surface area contributed by atoms with Gasteiger partial charge in [0.2, 0.25) is 11.4 Å². The van der Waals surface area contributed by atoms with E-state index in [1.54, 1.807) is 25.4 Å². The Morgan fingerprint density at radius 3 is 2.17 bits per heavy atom. The molecular formula is C35H51N2O3S+. The Labute approximate surface area is 252 Å². The van der Waals surface area contributed by atoms with Crippen LogP contribution < -0.4 is 18.9 Å². The van der Waals surface area contributed by atoms with E-state index < -0.39 is 0 Å². The van der Waals surface area contributed by atoms with E-state index >= 15 is 0 Å². The standard InChI is InChI=1S/C35H51N2O3S/c1-5-6-7-8-9-10-11-12-13-14-15-16-23-40-35-32(20-18-22-34(35)39-4)27-37(30(3)38)33-21-17-19-31(24-33)26-36-25-29(2)41-28-36/h17-22,24-25,28H,5-16,23,26-27H2,1-4H3/q+1. The Balaban J connectivity index is 1.52. The van der Waals surface area contributed by atoms with Gasteiger partial charge in [-0.25, -0.2) is 0 Å². The number of para-hydroxylation sites is 1. The maximum atomic E-state index is 12.8. The van der Waals surface area contributed by atoms with Crippen LogP contribution in [0.5, 0.6) is 11.5 Å². The number of carbonyl (C=O) groups excluding carboxylic acids is 1. The van der Waals surface area contributed by atoms with E-state index in [1.165, 1.54) is 75.5 Å². The van der Waals surface area contributed by atoms with Crippen molar-refractivity contribution >= 4 is 22.9 Å². The third-order valence-corrected chi connectivity index (χ3v) is 8.40. The zero-order valence-corrected chi connectivity index (χ0v) is 26.6. The molecule has 3 rings (SSSR count). The van der Waals surface area contributed by atoms with Gasteiger partial charge in [-0.3, -0.25) is 4.79 Å². The van der Waals surface area contributed by atoms with Crippen LogP contribution in [-0.2, 0) is 17.9 Å². The lowest BCUT2D eigenvalue weighted by atomic mass is 10.1. The monoisotopic (exact) mass is 579 g/mol. The molecule has 0 aliphatic heterocycles. The number of amides is 1. The fraction of sp³-hybridized carbons (Fsp3) is 0.543. The molecule has 2 aromatic carbocycles. The first-order valence-electron chi connectivity index (χ1n) is 15.6. The Kier molecular flexibility index (Phi) is 14.8. The van der Waals surface area contributed by atoms with E-state index in [0.29, 0.717) is 18.9 Å². The van der Waals surface area contributed by atoms with E-state index in [-0.39, 0.29) is 5.91 Å². The van der Waals surface area contributed by atoms with Crippen LogP contribution in [-0.4, -0.2) is 19.6 Å². The fourth-order valence-electron chi connectivity index (χ4n) is 5.24. The van der Waals surface area contributed by atoms with Crippen LogP contribution in [0.25, 0.3) is 0 Å². The lowest BCUT2D eigenvalue weighted by molar-refractivity contribution is -0.683. The number of hydrogen-bond donors (Lipinski definition) is 0. The summed E-state index contributed by atoms with van der Waals surface area (Å²) in [6.45, 7) is 7.86. The van der Waals surface area contributed by atoms with Crippen molar-refractivity contribution in [2.24, 2.45) is 0 Å². The van der Waals surface area contributed by atoms with Gasteiger partial charge in [0.1, 0.15) is 0 Å². The number of unbranched alkanes of at least 4 members (excludes halogenated alkanes) is 11. The van der Waals surface area contributed by atoms with Crippen LogP contribution in [0, 0.1) is 6.92 Å². The molecule has 3 aromatic rings. The SMILES string of the molecule is CCCCCCCCCCCCCCOc1c(CN(C(C)=O)c2cccc(C[n+]3csc(C)c3)c2)cccc1OC. The number of thiazole rings is 1. The maximum absolute atomic E-state index is 12.8. The number of aromatic nitrogens is 1. The van der Waals surface area contributed by atoms with Crippen LogP contribution in [0.15, 0.2) is 54.2 Å². The summed E-state index contributed by atoms with van der Waals surface area (Å²) in [7, 11) is 1.67. The number of rotatable bonds is 20. The van der Waals surface area contributed by atoms with Gasteiger partial charge in [-0.05, 0) is 31.5 Å². The molecule has 1 heterocycles. The second kappa shape index (κ2) is 18.5. The van der Waals surface area contributed by atoms with Crippen LogP contribution >= 0.6 is 11.3 Å². The molecule has 0 saturated carbocycles. The molecule has 1 amide bonds. The smallest absolute Gasteiger partial charge is 0.225 e.